The molecule has 0 aromatic carbocycles. The molecule has 0 aliphatic heterocycles. The summed E-state index contributed by atoms with van der Waals surface area (Å²) in [4.78, 5) is 9.13. The standard InChI is InChI=1S/C13H17ClN2O/c1-2-17-11(8-6-7-8)13-15-10-5-3-4-9(10)12(14)16-13/h8,11H,2-7H2,1H3. The minimum atomic E-state index is 0.0587. The lowest BCUT2D eigenvalue weighted by atomic mass is 10.2. The summed E-state index contributed by atoms with van der Waals surface area (Å²) in [7, 11) is 0. The van der Waals surface area contributed by atoms with Gasteiger partial charge in [0.05, 0.1) is 0 Å². The number of hydrogen-bond donors (Lipinski definition) is 0. The van der Waals surface area contributed by atoms with E-state index in [-0.39, 0.29) is 6.10 Å². The van der Waals surface area contributed by atoms with Gasteiger partial charge in [0, 0.05) is 17.9 Å². The number of hydrogen-bond acceptors (Lipinski definition) is 3. The number of ether oxygens (including phenoxy) is 1. The van der Waals surface area contributed by atoms with Crippen molar-refractivity contribution in [1.29, 1.82) is 0 Å². The maximum atomic E-state index is 6.24. The summed E-state index contributed by atoms with van der Waals surface area (Å²) in [5.41, 5.74) is 2.30. The van der Waals surface area contributed by atoms with Gasteiger partial charge in [-0.05, 0) is 44.9 Å². The maximum Gasteiger partial charge on any atom is 0.159 e. The van der Waals surface area contributed by atoms with Crippen molar-refractivity contribution in [3.63, 3.8) is 0 Å². The molecule has 1 saturated carbocycles. The highest BCUT2D eigenvalue weighted by Crippen LogP contribution is 2.43. The summed E-state index contributed by atoms with van der Waals surface area (Å²) in [5.74, 6) is 1.41. The quantitative estimate of drug-likeness (QED) is 0.773. The van der Waals surface area contributed by atoms with E-state index >= 15 is 0 Å². The molecule has 17 heavy (non-hydrogen) atoms. The molecule has 2 aliphatic rings. The smallest absolute Gasteiger partial charge is 0.159 e. The predicted octanol–water partition coefficient (Wildman–Crippen LogP) is 3.11. The number of fused-ring (bicyclic) bond motifs is 1. The first-order valence-corrected chi connectivity index (χ1v) is 6.84. The number of halogens is 1. The van der Waals surface area contributed by atoms with Crippen LogP contribution in [0.4, 0.5) is 0 Å². The summed E-state index contributed by atoms with van der Waals surface area (Å²) < 4.78 is 5.78. The molecule has 2 aliphatic carbocycles. The van der Waals surface area contributed by atoms with Gasteiger partial charge >= 0.3 is 0 Å². The van der Waals surface area contributed by atoms with Crippen LogP contribution in [-0.4, -0.2) is 16.6 Å². The maximum absolute atomic E-state index is 6.24. The van der Waals surface area contributed by atoms with Gasteiger partial charge in [0.2, 0.25) is 0 Å². The summed E-state index contributed by atoms with van der Waals surface area (Å²) in [5, 5.41) is 0.646. The Hall–Kier alpha value is -0.670. The molecule has 0 radical (unpaired) electrons. The van der Waals surface area contributed by atoms with Crippen LogP contribution in [0.2, 0.25) is 5.15 Å². The van der Waals surface area contributed by atoms with Gasteiger partial charge in [0.25, 0.3) is 0 Å². The van der Waals surface area contributed by atoms with Crippen LogP contribution in [0.5, 0.6) is 0 Å². The summed E-state index contributed by atoms with van der Waals surface area (Å²) in [6, 6.07) is 0. The molecule has 1 atom stereocenters. The lowest BCUT2D eigenvalue weighted by molar-refractivity contribution is 0.0399. The van der Waals surface area contributed by atoms with Crippen molar-refractivity contribution >= 4 is 11.6 Å². The van der Waals surface area contributed by atoms with Crippen LogP contribution in [-0.2, 0) is 17.6 Å². The third kappa shape index (κ3) is 2.18. The van der Waals surface area contributed by atoms with Gasteiger partial charge in [-0.2, -0.15) is 0 Å². The Bertz CT molecular complexity index is 432. The monoisotopic (exact) mass is 252 g/mol. The molecule has 0 bridgehead atoms. The first-order chi connectivity index (χ1) is 8.29. The Labute approximate surface area is 107 Å². The van der Waals surface area contributed by atoms with Crippen molar-refractivity contribution in [2.45, 2.75) is 45.1 Å². The Kier molecular flexibility index (Phi) is 3.05. The molecule has 1 aromatic heterocycles. The predicted molar refractivity (Wildman–Crippen MR) is 66.2 cm³/mol. The molecule has 3 nitrogen and oxygen atoms in total. The molecule has 92 valence electrons. The van der Waals surface area contributed by atoms with Crippen LogP contribution in [0.15, 0.2) is 0 Å². The molecule has 3 rings (SSSR count). The average molecular weight is 253 g/mol. The fourth-order valence-electron chi connectivity index (χ4n) is 2.53. The molecule has 0 amide bonds. The van der Waals surface area contributed by atoms with Crippen LogP contribution in [0.1, 0.15) is 49.4 Å². The van der Waals surface area contributed by atoms with E-state index in [9.17, 15) is 0 Å². The zero-order valence-electron chi connectivity index (χ0n) is 10.1. The van der Waals surface area contributed by atoms with E-state index in [1.165, 1.54) is 12.8 Å². The van der Waals surface area contributed by atoms with Crippen molar-refractivity contribution < 1.29 is 4.74 Å². The molecular weight excluding hydrogens is 236 g/mol. The van der Waals surface area contributed by atoms with Crippen molar-refractivity contribution in [3.8, 4) is 0 Å². The number of aryl methyl sites for hydroxylation is 1. The van der Waals surface area contributed by atoms with Gasteiger partial charge < -0.3 is 4.74 Å². The third-order valence-corrected chi connectivity index (χ3v) is 3.86. The van der Waals surface area contributed by atoms with Crippen molar-refractivity contribution in [2.24, 2.45) is 5.92 Å². The summed E-state index contributed by atoms with van der Waals surface area (Å²) in [6.45, 7) is 2.73. The Morgan fingerprint density at radius 2 is 2.18 bits per heavy atom. The molecule has 1 aromatic rings. The lowest BCUT2D eigenvalue weighted by Crippen LogP contribution is -2.12. The molecule has 1 heterocycles. The van der Waals surface area contributed by atoms with Gasteiger partial charge in [-0.25, -0.2) is 9.97 Å². The van der Waals surface area contributed by atoms with Crippen LogP contribution in [0, 0.1) is 5.92 Å². The zero-order chi connectivity index (χ0) is 11.8. The van der Waals surface area contributed by atoms with Gasteiger partial charge in [0.1, 0.15) is 11.3 Å². The second-order valence-corrected chi connectivity index (χ2v) is 5.22. The normalized spacial score (nSPS) is 20.4. The minimum Gasteiger partial charge on any atom is -0.370 e. The fraction of sp³-hybridized carbons (Fsp3) is 0.692. The van der Waals surface area contributed by atoms with Crippen LogP contribution in [0.3, 0.4) is 0 Å². The van der Waals surface area contributed by atoms with E-state index in [1.54, 1.807) is 0 Å². The minimum absolute atomic E-state index is 0.0587. The first-order valence-electron chi connectivity index (χ1n) is 6.46. The lowest BCUT2D eigenvalue weighted by Gasteiger charge is -2.16. The van der Waals surface area contributed by atoms with E-state index in [1.807, 2.05) is 6.92 Å². The number of aromatic nitrogens is 2. The van der Waals surface area contributed by atoms with E-state index in [0.717, 1.165) is 36.3 Å². The van der Waals surface area contributed by atoms with Crippen LogP contribution in [0.25, 0.3) is 0 Å². The second-order valence-electron chi connectivity index (χ2n) is 4.86. The highest BCUT2D eigenvalue weighted by atomic mass is 35.5. The molecule has 1 unspecified atom stereocenters. The Morgan fingerprint density at radius 3 is 2.88 bits per heavy atom. The summed E-state index contributed by atoms with van der Waals surface area (Å²) in [6.07, 6.45) is 5.72. The highest BCUT2D eigenvalue weighted by Gasteiger charge is 2.35. The first kappa shape index (κ1) is 11.4. The molecule has 1 fully saturated rings. The SMILES string of the molecule is CCOC(c1nc(Cl)c2c(n1)CCC2)C1CC1. The average Bonchev–Trinajstić information content (AvgIpc) is 3.03. The van der Waals surface area contributed by atoms with Crippen molar-refractivity contribution in [3.05, 3.63) is 22.2 Å². The fourth-order valence-corrected chi connectivity index (χ4v) is 2.82. The second kappa shape index (κ2) is 4.54. The van der Waals surface area contributed by atoms with Crippen LogP contribution >= 0.6 is 11.6 Å². The van der Waals surface area contributed by atoms with Crippen LogP contribution < -0.4 is 0 Å². The molecule has 0 spiro atoms. The van der Waals surface area contributed by atoms with E-state index in [0.29, 0.717) is 17.7 Å². The summed E-state index contributed by atoms with van der Waals surface area (Å²) >= 11 is 6.24. The largest absolute Gasteiger partial charge is 0.370 e. The zero-order valence-corrected chi connectivity index (χ0v) is 10.8. The van der Waals surface area contributed by atoms with E-state index < -0.39 is 0 Å². The van der Waals surface area contributed by atoms with Gasteiger partial charge in [-0.3, -0.25) is 0 Å². The van der Waals surface area contributed by atoms with Gasteiger partial charge in [0.15, 0.2) is 5.82 Å². The Balaban J connectivity index is 1.93. The highest BCUT2D eigenvalue weighted by molar-refractivity contribution is 6.30. The Morgan fingerprint density at radius 1 is 1.35 bits per heavy atom. The van der Waals surface area contributed by atoms with Crippen molar-refractivity contribution in [1.82, 2.24) is 9.97 Å². The number of nitrogens with zero attached hydrogens (tertiary/aromatic N) is 2. The molecular formula is C13H17ClN2O. The topological polar surface area (TPSA) is 35.0 Å². The van der Waals surface area contributed by atoms with Gasteiger partial charge in [-0.15, -0.1) is 0 Å². The van der Waals surface area contributed by atoms with E-state index in [2.05, 4.69) is 9.97 Å². The third-order valence-electron chi connectivity index (χ3n) is 3.55. The molecule has 0 saturated heterocycles. The molecule has 4 heteroatoms. The van der Waals surface area contributed by atoms with Crippen molar-refractivity contribution in [2.75, 3.05) is 6.61 Å². The number of rotatable bonds is 4. The molecule has 0 N–H and O–H groups in total. The van der Waals surface area contributed by atoms with E-state index in [4.69, 9.17) is 16.3 Å². The van der Waals surface area contributed by atoms with Gasteiger partial charge in [-0.1, -0.05) is 11.6 Å².